The monoisotopic (exact) mass is 316 g/mol. The van der Waals surface area contributed by atoms with Gasteiger partial charge in [0, 0.05) is 24.3 Å². The van der Waals surface area contributed by atoms with Crippen LogP contribution >= 0.6 is 0 Å². The first kappa shape index (κ1) is 16.6. The Morgan fingerprint density at radius 3 is 1.83 bits per heavy atom. The van der Waals surface area contributed by atoms with Crippen molar-refractivity contribution in [2.24, 2.45) is 0 Å². The summed E-state index contributed by atoms with van der Waals surface area (Å²) in [6, 6.07) is 12.2. The van der Waals surface area contributed by atoms with E-state index in [1.54, 1.807) is 24.3 Å². The van der Waals surface area contributed by atoms with Crippen LogP contribution in [0.5, 0.6) is 0 Å². The minimum atomic E-state index is -0.686. The van der Waals surface area contributed by atoms with Crippen LogP contribution in [0.4, 0.5) is 11.4 Å². The predicted molar refractivity (Wildman–Crippen MR) is 84.1 cm³/mol. The smallest absolute Gasteiger partial charge is 0.269 e. The molecule has 2 rings (SSSR count). The molecule has 0 fully saturated rings. The van der Waals surface area contributed by atoms with Crippen molar-refractivity contribution < 1.29 is 15.0 Å². The first-order valence-corrected chi connectivity index (χ1v) is 7.13. The third kappa shape index (κ3) is 4.58. The Kier molecular flexibility index (Phi) is 5.37. The van der Waals surface area contributed by atoms with Crippen molar-refractivity contribution in [1.82, 2.24) is 0 Å². The van der Waals surface area contributed by atoms with E-state index in [0.717, 1.165) is 5.56 Å². The fraction of sp³-hybridized carbons (Fsp3) is 0.250. The molecule has 0 aliphatic rings. The van der Waals surface area contributed by atoms with E-state index in [1.807, 2.05) is 0 Å². The Morgan fingerprint density at radius 1 is 0.870 bits per heavy atom. The Bertz CT molecular complexity index is 683. The van der Waals surface area contributed by atoms with Crippen LogP contribution in [0, 0.1) is 20.2 Å². The summed E-state index contributed by atoms with van der Waals surface area (Å²) in [5, 5.41) is 31.2. The van der Waals surface area contributed by atoms with E-state index in [1.165, 1.54) is 24.3 Å². The van der Waals surface area contributed by atoms with Gasteiger partial charge in [0.2, 0.25) is 0 Å². The lowest BCUT2D eigenvalue weighted by Crippen LogP contribution is -1.99. The highest BCUT2D eigenvalue weighted by Gasteiger charge is 2.11. The average molecular weight is 316 g/mol. The Hall–Kier alpha value is -2.80. The maximum atomic E-state index is 10.6. The molecule has 120 valence electrons. The molecule has 0 aliphatic carbocycles. The first-order valence-electron chi connectivity index (χ1n) is 7.13. The number of rotatable bonds is 7. The quantitative estimate of drug-likeness (QED) is 0.621. The van der Waals surface area contributed by atoms with Gasteiger partial charge in [0.1, 0.15) is 0 Å². The molecule has 0 aliphatic heterocycles. The van der Waals surface area contributed by atoms with Gasteiger partial charge in [-0.1, -0.05) is 12.1 Å². The number of hydrogen-bond acceptors (Lipinski definition) is 5. The SMILES string of the molecule is O=[N+]([O-])c1ccc(CCC[C@H](O)c2ccc([N+](=O)[O-])cc2)cc1. The van der Waals surface area contributed by atoms with Crippen LogP contribution in [0.25, 0.3) is 0 Å². The number of aliphatic hydroxyl groups excluding tert-OH is 1. The Labute approximate surface area is 132 Å². The molecule has 0 heterocycles. The molecule has 0 aromatic heterocycles. The lowest BCUT2D eigenvalue weighted by Gasteiger charge is -2.10. The number of nitrogens with zero attached hydrogens (tertiary/aromatic N) is 2. The van der Waals surface area contributed by atoms with Crippen LogP contribution in [0.15, 0.2) is 48.5 Å². The molecule has 23 heavy (non-hydrogen) atoms. The van der Waals surface area contributed by atoms with Gasteiger partial charge in [0.25, 0.3) is 11.4 Å². The lowest BCUT2D eigenvalue weighted by molar-refractivity contribution is -0.385. The maximum Gasteiger partial charge on any atom is 0.269 e. The minimum Gasteiger partial charge on any atom is -0.388 e. The van der Waals surface area contributed by atoms with Crippen molar-refractivity contribution in [3.05, 3.63) is 79.9 Å². The van der Waals surface area contributed by atoms with E-state index in [9.17, 15) is 25.3 Å². The van der Waals surface area contributed by atoms with Crippen LogP contribution < -0.4 is 0 Å². The summed E-state index contributed by atoms with van der Waals surface area (Å²) >= 11 is 0. The van der Waals surface area contributed by atoms with Crippen molar-refractivity contribution in [1.29, 1.82) is 0 Å². The molecule has 7 heteroatoms. The summed E-state index contributed by atoms with van der Waals surface area (Å²) in [5.74, 6) is 0. The molecule has 0 saturated carbocycles. The van der Waals surface area contributed by atoms with Crippen LogP contribution in [0.1, 0.15) is 30.1 Å². The molecule has 0 unspecified atom stereocenters. The van der Waals surface area contributed by atoms with Crippen molar-refractivity contribution in [2.45, 2.75) is 25.4 Å². The van der Waals surface area contributed by atoms with Crippen molar-refractivity contribution in [3.8, 4) is 0 Å². The highest BCUT2D eigenvalue weighted by molar-refractivity contribution is 5.34. The second kappa shape index (κ2) is 7.46. The zero-order valence-electron chi connectivity index (χ0n) is 12.3. The highest BCUT2D eigenvalue weighted by atomic mass is 16.6. The molecule has 0 radical (unpaired) electrons. The highest BCUT2D eigenvalue weighted by Crippen LogP contribution is 2.22. The number of aliphatic hydroxyl groups is 1. The zero-order valence-corrected chi connectivity index (χ0v) is 12.3. The van der Waals surface area contributed by atoms with Gasteiger partial charge in [-0.15, -0.1) is 0 Å². The predicted octanol–water partition coefficient (Wildman–Crippen LogP) is 3.56. The van der Waals surface area contributed by atoms with E-state index in [-0.39, 0.29) is 11.4 Å². The lowest BCUT2D eigenvalue weighted by atomic mass is 10.0. The number of hydrogen-bond donors (Lipinski definition) is 1. The second-order valence-electron chi connectivity index (χ2n) is 5.18. The molecular formula is C16H16N2O5. The standard InChI is InChI=1S/C16H16N2O5/c19-16(13-6-10-15(11-7-13)18(22)23)3-1-2-12-4-8-14(9-5-12)17(20)21/h4-11,16,19H,1-3H2/t16-/m0/s1. The fourth-order valence-electron chi connectivity index (χ4n) is 2.27. The van der Waals surface area contributed by atoms with Crippen molar-refractivity contribution in [2.75, 3.05) is 0 Å². The van der Waals surface area contributed by atoms with Crippen LogP contribution in [0.2, 0.25) is 0 Å². The van der Waals surface area contributed by atoms with Gasteiger partial charge in [0.15, 0.2) is 0 Å². The number of nitro benzene ring substituents is 2. The second-order valence-corrected chi connectivity index (χ2v) is 5.18. The Morgan fingerprint density at radius 2 is 1.35 bits per heavy atom. The Balaban J connectivity index is 1.85. The summed E-state index contributed by atoms with van der Waals surface area (Å²) in [4.78, 5) is 20.2. The van der Waals surface area contributed by atoms with Gasteiger partial charge in [-0.2, -0.15) is 0 Å². The normalized spacial score (nSPS) is 11.9. The minimum absolute atomic E-state index is 0.00756. The molecular weight excluding hydrogens is 300 g/mol. The van der Waals surface area contributed by atoms with E-state index >= 15 is 0 Å². The summed E-state index contributed by atoms with van der Waals surface area (Å²) in [7, 11) is 0. The number of benzene rings is 2. The molecule has 1 N–H and O–H groups in total. The van der Waals surface area contributed by atoms with Gasteiger partial charge in [0.05, 0.1) is 16.0 Å². The van der Waals surface area contributed by atoms with Gasteiger partial charge in [-0.05, 0) is 42.5 Å². The van der Waals surface area contributed by atoms with Gasteiger partial charge >= 0.3 is 0 Å². The molecule has 0 saturated heterocycles. The fourth-order valence-corrected chi connectivity index (χ4v) is 2.27. The molecule has 2 aromatic rings. The summed E-state index contributed by atoms with van der Waals surface area (Å²) in [6.07, 6.45) is 1.22. The molecule has 1 atom stereocenters. The maximum absolute atomic E-state index is 10.6. The van der Waals surface area contributed by atoms with Gasteiger partial charge < -0.3 is 5.11 Å². The number of nitro groups is 2. The largest absolute Gasteiger partial charge is 0.388 e. The molecule has 7 nitrogen and oxygen atoms in total. The van der Waals surface area contributed by atoms with Crippen LogP contribution in [-0.2, 0) is 6.42 Å². The molecule has 0 bridgehead atoms. The third-order valence-electron chi connectivity index (χ3n) is 3.58. The zero-order chi connectivity index (χ0) is 16.8. The van der Waals surface area contributed by atoms with E-state index < -0.39 is 16.0 Å². The first-order chi connectivity index (χ1) is 11.0. The van der Waals surface area contributed by atoms with Crippen molar-refractivity contribution in [3.63, 3.8) is 0 Å². The number of aryl methyl sites for hydroxylation is 1. The molecule has 0 amide bonds. The van der Waals surface area contributed by atoms with E-state index in [2.05, 4.69) is 0 Å². The van der Waals surface area contributed by atoms with Crippen molar-refractivity contribution >= 4 is 11.4 Å². The summed E-state index contributed by atoms with van der Waals surface area (Å²) in [5.41, 5.74) is 1.65. The summed E-state index contributed by atoms with van der Waals surface area (Å²) in [6.45, 7) is 0. The average Bonchev–Trinajstić information content (AvgIpc) is 2.55. The topological polar surface area (TPSA) is 107 Å². The van der Waals surface area contributed by atoms with Crippen LogP contribution in [-0.4, -0.2) is 15.0 Å². The third-order valence-corrected chi connectivity index (χ3v) is 3.58. The summed E-state index contributed by atoms with van der Waals surface area (Å²) < 4.78 is 0. The van der Waals surface area contributed by atoms with Crippen LogP contribution in [0.3, 0.4) is 0 Å². The van der Waals surface area contributed by atoms with E-state index in [0.29, 0.717) is 24.8 Å². The van der Waals surface area contributed by atoms with Gasteiger partial charge in [-0.3, -0.25) is 20.2 Å². The molecule has 2 aromatic carbocycles. The van der Waals surface area contributed by atoms with Gasteiger partial charge in [-0.25, -0.2) is 0 Å². The number of non-ortho nitro benzene ring substituents is 2. The van der Waals surface area contributed by atoms with E-state index in [4.69, 9.17) is 0 Å². The molecule has 0 spiro atoms.